The van der Waals surface area contributed by atoms with E-state index in [0.717, 1.165) is 0 Å². The molecule has 200 valence electrons. The summed E-state index contributed by atoms with van der Waals surface area (Å²) in [6, 6.07) is -2.34. The second kappa shape index (κ2) is 13.4. The standard InChI is InChI=1S/C25H39N5O6/c1-15(2)18(16(3)13-17(4)31)14-20(22(33)34)28-21(32)19(29-24(35)36-25(5,6)7)9-8-11-30-12-10-27-23(30)26/h10,12-13,19-20,31H,1,8-9,11,14H2,2-7H3,(H2,26,27)(H,28,32)(H,29,35)(H,33,34)/b17-13+,18-16-/t19-,20+/m1/s1. The van der Waals surface area contributed by atoms with E-state index in [-0.39, 0.29) is 18.6 Å². The molecule has 0 bridgehead atoms. The van der Waals surface area contributed by atoms with Gasteiger partial charge >= 0.3 is 12.1 Å². The number of carboxylic acids is 1. The Morgan fingerprint density at radius 2 is 1.83 bits per heavy atom. The van der Waals surface area contributed by atoms with Gasteiger partial charge in [0.1, 0.15) is 17.7 Å². The highest BCUT2D eigenvalue weighted by Crippen LogP contribution is 2.21. The minimum Gasteiger partial charge on any atom is -0.513 e. The van der Waals surface area contributed by atoms with Crippen LogP contribution in [0, 0.1) is 0 Å². The average Bonchev–Trinajstić information content (AvgIpc) is 3.12. The number of aliphatic hydroxyl groups is 1. The van der Waals surface area contributed by atoms with E-state index in [1.54, 1.807) is 51.6 Å². The van der Waals surface area contributed by atoms with Crippen molar-refractivity contribution in [3.63, 3.8) is 0 Å². The minimum absolute atomic E-state index is 0.0577. The number of aliphatic hydroxyl groups excluding tert-OH is 1. The zero-order valence-electron chi connectivity index (χ0n) is 21.9. The fraction of sp³-hybridized carbons (Fsp3) is 0.520. The quantitative estimate of drug-likeness (QED) is 0.212. The van der Waals surface area contributed by atoms with Crippen LogP contribution in [0.5, 0.6) is 0 Å². The maximum absolute atomic E-state index is 13.1. The molecule has 1 heterocycles. The number of allylic oxidation sites excluding steroid dienone is 4. The number of carbonyl (C=O) groups excluding carboxylic acids is 2. The molecule has 0 saturated carbocycles. The van der Waals surface area contributed by atoms with Crippen molar-refractivity contribution in [2.45, 2.75) is 85.0 Å². The summed E-state index contributed by atoms with van der Waals surface area (Å²) < 4.78 is 6.98. The number of carbonyl (C=O) groups is 3. The molecule has 0 aliphatic carbocycles. The summed E-state index contributed by atoms with van der Waals surface area (Å²) in [5.41, 5.74) is 6.82. The first kappa shape index (κ1) is 30.3. The van der Waals surface area contributed by atoms with Crippen LogP contribution < -0.4 is 16.4 Å². The van der Waals surface area contributed by atoms with Gasteiger partial charge in [0.25, 0.3) is 0 Å². The van der Waals surface area contributed by atoms with E-state index in [4.69, 9.17) is 10.5 Å². The lowest BCUT2D eigenvalue weighted by Gasteiger charge is -2.25. The molecule has 0 saturated heterocycles. The summed E-state index contributed by atoms with van der Waals surface area (Å²) in [4.78, 5) is 41.5. The highest BCUT2D eigenvalue weighted by molar-refractivity contribution is 5.89. The molecule has 0 aromatic carbocycles. The van der Waals surface area contributed by atoms with Gasteiger partial charge in [-0.3, -0.25) is 4.79 Å². The largest absolute Gasteiger partial charge is 0.513 e. The minimum atomic E-state index is -1.29. The summed E-state index contributed by atoms with van der Waals surface area (Å²) >= 11 is 0. The predicted octanol–water partition coefficient (Wildman–Crippen LogP) is 3.45. The second-order valence-corrected chi connectivity index (χ2v) is 9.65. The number of rotatable bonds is 12. The Hall–Kier alpha value is -3.76. The number of nitrogens with two attached hydrogens (primary N) is 1. The molecule has 11 nitrogen and oxygen atoms in total. The van der Waals surface area contributed by atoms with Gasteiger partial charge in [0, 0.05) is 25.4 Å². The molecule has 6 N–H and O–H groups in total. The molecule has 0 fully saturated rings. The van der Waals surface area contributed by atoms with Gasteiger partial charge in [-0.2, -0.15) is 0 Å². The molecule has 11 heteroatoms. The Morgan fingerprint density at radius 3 is 2.31 bits per heavy atom. The molecule has 0 spiro atoms. The van der Waals surface area contributed by atoms with E-state index in [1.165, 1.54) is 13.0 Å². The average molecular weight is 506 g/mol. The van der Waals surface area contributed by atoms with Gasteiger partial charge in [0.05, 0.1) is 5.76 Å². The van der Waals surface area contributed by atoms with Crippen LogP contribution in [0.4, 0.5) is 10.7 Å². The summed E-state index contributed by atoms with van der Waals surface area (Å²) in [5, 5.41) is 24.5. The third-order valence-corrected chi connectivity index (χ3v) is 5.09. The van der Waals surface area contributed by atoms with E-state index >= 15 is 0 Å². The molecule has 0 radical (unpaired) electrons. The fourth-order valence-corrected chi connectivity index (χ4v) is 3.46. The monoisotopic (exact) mass is 505 g/mol. The predicted molar refractivity (Wildman–Crippen MR) is 137 cm³/mol. The van der Waals surface area contributed by atoms with E-state index < -0.39 is 35.7 Å². The molecular weight excluding hydrogens is 466 g/mol. The van der Waals surface area contributed by atoms with E-state index in [1.807, 2.05) is 0 Å². The lowest BCUT2D eigenvalue weighted by Crippen LogP contribution is -2.52. The van der Waals surface area contributed by atoms with Crippen molar-refractivity contribution in [3.8, 4) is 0 Å². The van der Waals surface area contributed by atoms with Gasteiger partial charge in [-0.25, -0.2) is 14.6 Å². The number of alkyl carbamates (subject to hydrolysis) is 1. The number of carboxylic acid groups (broad SMARTS) is 1. The van der Waals surface area contributed by atoms with E-state index in [2.05, 4.69) is 22.2 Å². The summed E-state index contributed by atoms with van der Waals surface area (Å²) in [6.07, 6.45) is 4.54. The van der Waals surface area contributed by atoms with E-state index in [9.17, 15) is 24.6 Å². The van der Waals surface area contributed by atoms with Crippen molar-refractivity contribution < 1.29 is 29.3 Å². The number of nitrogen functional groups attached to an aromatic ring is 1. The Kier molecular flexibility index (Phi) is 11.2. The highest BCUT2D eigenvalue weighted by Gasteiger charge is 2.29. The fourth-order valence-electron chi connectivity index (χ4n) is 3.46. The van der Waals surface area contributed by atoms with Crippen LogP contribution >= 0.6 is 0 Å². The zero-order valence-corrected chi connectivity index (χ0v) is 21.9. The number of aromatic nitrogens is 2. The topological polar surface area (TPSA) is 169 Å². The van der Waals surface area contributed by atoms with E-state index in [0.29, 0.717) is 35.6 Å². The summed E-state index contributed by atoms with van der Waals surface area (Å²) in [5.74, 6) is -1.53. The number of hydrogen-bond acceptors (Lipinski definition) is 7. The van der Waals surface area contributed by atoms with Gasteiger partial charge in [-0.05, 0) is 71.6 Å². The number of aryl methyl sites for hydroxylation is 1. The van der Waals surface area contributed by atoms with Crippen molar-refractivity contribution in [2.75, 3.05) is 5.73 Å². The van der Waals surface area contributed by atoms with Crippen molar-refractivity contribution in [1.29, 1.82) is 0 Å². The molecule has 2 atom stereocenters. The lowest BCUT2D eigenvalue weighted by molar-refractivity contribution is -0.142. The first-order chi connectivity index (χ1) is 16.6. The maximum atomic E-state index is 13.1. The Morgan fingerprint density at radius 1 is 1.19 bits per heavy atom. The van der Waals surface area contributed by atoms with Crippen LogP contribution in [0.1, 0.15) is 60.8 Å². The first-order valence-electron chi connectivity index (χ1n) is 11.6. The van der Waals surface area contributed by atoms with Crippen LogP contribution in [-0.2, 0) is 20.9 Å². The smallest absolute Gasteiger partial charge is 0.408 e. The number of anilines is 1. The third-order valence-electron chi connectivity index (χ3n) is 5.09. The molecule has 2 amide bonds. The number of ether oxygens (including phenoxy) is 1. The normalized spacial score (nSPS) is 14.3. The van der Waals surface area contributed by atoms with Gasteiger partial charge in [0.15, 0.2) is 5.95 Å². The van der Waals surface area contributed by atoms with Gasteiger partial charge in [0.2, 0.25) is 5.91 Å². The van der Waals surface area contributed by atoms with Crippen molar-refractivity contribution in [1.82, 2.24) is 20.2 Å². The maximum Gasteiger partial charge on any atom is 0.408 e. The highest BCUT2D eigenvalue weighted by atomic mass is 16.6. The first-order valence-corrected chi connectivity index (χ1v) is 11.6. The number of amides is 2. The van der Waals surface area contributed by atoms with Crippen molar-refractivity contribution in [2.24, 2.45) is 0 Å². The Balaban J connectivity index is 3.08. The van der Waals surface area contributed by atoms with Gasteiger partial charge in [-0.15, -0.1) is 0 Å². The Labute approximate surface area is 212 Å². The second-order valence-electron chi connectivity index (χ2n) is 9.65. The van der Waals surface area contributed by atoms with Crippen LogP contribution in [0.15, 0.2) is 47.5 Å². The number of imidazole rings is 1. The molecule has 1 rings (SSSR count). The molecule has 0 unspecified atom stereocenters. The van der Waals surface area contributed by atoms with Crippen molar-refractivity contribution in [3.05, 3.63) is 47.5 Å². The summed E-state index contributed by atoms with van der Waals surface area (Å²) in [7, 11) is 0. The molecule has 1 aromatic heterocycles. The Bertz CT molecular complexity index is 1010. The zero-order chi connectivity index (χ0) is 27.6. The molecule has 0 aliphatic heterocycles. The number of nitrogens with one attached hydrogen (secondary N) is 2. The van der Waals surface area contributed by atoms with Crippen LogP contribution in [0.2, 0.25) is 0 Å². The van der Waals surface area contributed by atoms with Crippen LogP contribution in [0.25, 0.3) is 0 Å². The number of nitrogens with zero attached hydrogens (tertiary/aromatic N) is 2. The van der Waals surface area contributed by atoms with Crippen molar-refractivity contribution >= 4 is 23.9 Å². The molecule has 0 aliphatic rings. The lowest BCUT2D eigenvalue weighted by atomic mass is 9.95. The number of aliphatic carboxylic acids is 1. The van der Waals surface area contributed by atoms with Crippen LogP contribution in [0.3, 0.4) is 0 Å². The van der Waals surface area contributed by atoms with Gasteiger partial charge < -0.3 is 35.9 Å². The molecule has 36 heavy (non-hydrogen) atoms. The summed E-state index contributed by atoms with van der Waals surface area (Å²) in [6.45, 7) is 14.4. The third kappa shape index (κ3) is 10.7. The number of hydrogen-bond donors (Lipinski definition) is 5. The molecule has 1 aromatic rings. The SMILES string of the molecule is C=C(C)/C(C[C@H](NC(=O)[C@@H](CCCn1ccnc1N)NC(=O)OC(C)(C)C)C(=O)O)=C(C)\C=C(/C)O. The molecular formula is C25H39N5O6. The van der Waals surface area contributed by atoms with Gasteiger partial charge in [-0.1, -0.05) is 12.2 Å². The van der Waals surface area contributed by atoms with Crippen LogP contribution in [-0.4, -0.2) is 55.4 Å².